The summed E-state index contributed by atoms with van der Waals surface area (Å²) in [6.45, 7) is 0. The van der Waals surface area contributed by atoms with Gasteiger partial charge in [0.25, 0.3) is 5.91 Å². The van der Waals surface area contributed by atoms with E-state index in [-0.39, 0.29) is 5.91 Å². The first kappa shape index (κ1) is 12.2. The average Bonchev–Trinajstić information content (AvgIpc) is 2.85. The van der Waals surface area contributed by atoms with Crippen LogP contribution in [0.15, 0.2) is 59.2 Å². The lowest BCUT2D eigenvalue weighted by molar-refractivity contribution is 0.102. The van der Waals surface area contributed by atoms with Gasteiger partial charge in [-0.2, -0.15) is 0 Å². The van der Waals surface area contributed by atoms with Crippen LogP contribution in [-0.4, -0.2) is 5.91 Å². The summed E-state index contributed by atoms with van der Waals surface area (Å²) < 4.78 is 6.49. The van der Waals surface area contributed by atoms with E-state index in [9.17, 15) is 4.79 Å². The fourth-order valence-corrected chi connectivity index (χ4v) is 2.24. The Labute approximate surface area is 123 Å². The van der Waals surface area contributed by atoms with E-state index >= 15 is 0 Å². The fraction of sp³-hybridized carbons (Fsp3) is 0. The summed E-state index contributed by atoms with van der Waals surface area (Å²) in [4.78, 5) is 12.2. The predicted octanol–water partition coefficient (Wildman–Crippen LogP) is 4.29. The molecule has 1 heterocycles. The van der Waals surface area contributed by atoms with Crippen LogP contribution >= 0.6 is 22.6 Å². The van der Waals surface area contributed by atoms with Crippen LogP contribution in [-0.2, 0) is 0 Å². The van der Waals surface area contributed by atoms with Gasteiger partial charge in [0, 0.05) is 14.6 Å². The number of hydrogen-bond acceptors (Lipinski definition) is 2. The number of amides is 1. The molecule has 0 atom stereocenters. The van der Waals surface area contributed by atoms with Crippen molar-refractivity contribution in [3.05, 3.63) is 63.9 Å². The molecule has 0 unspecified atom stereocenters. The van der Waals surface area contributed by atoms with E-state index in [1.54, 1.807) is 0 Å². The molecule has 1 N–H and O–H groups in total. The normalized spacial score (nSPS) is 10.6. The lowest BCUT2D eigenvalue weighted by atomic mass is 10.1. The van der Waals surface area contributed by atoms with Crippen molar-refractivity contribution in [2.24, 2.45) is 0 Å². The van der Waals surface area contributed by atoms with Crippen LogP contribution in [0.25, 0.3) is 11.0 Å². The fourth-order valence-electron chi connectivity index (χ4n) is 1.89. The summed E-state index contributed by atoms with van der Waals surface area (Å²) in [5.41, 5.74) is 2.04. The first-order chi connectivity index (χ1) is 9.24. The van der Waals surface area contributed by atoms with Crippen molar-refractivity contribution >= 4 is 45.2 Å². The standard InChI is InChI=1S/C15H10INO2/c16-10-5-7-11(8-6-10)17-15(18)13-9-19-14-4-2-1-3-12(13)14/h1-9H,(H,17,18). The van der Waals surface area contributed by atoms with Gasteiger partial charge >= 0.3 is 0 Å². The summed E-state index contributed by atoms with van der Waals surface area (Å²) in [6.07, 6.45) is 1.49. The summed E-state index contributed by atoms with van der Waals surface area (Å²) in [6, 6.07) is 15.1. The minimum atomic E-state index is -0.161. The second-order valence-corrected chi connectivity index (χ2v) is 5.35. The van der Waals surface area contributed by atoms with Crippen LogP contribution in [0.2, 0.25) is 0 Å². The summed E-state index contributed by atoms with van der Waals surface area (Å²) in [5.74, 6) is -0.161. The van der Waals surface area contributed by atoms with E-state index in [2.05, 4.69) is 27.9 Å². The maximum atomic E-state index is 12.2. The molecule has 0 aliphatic carbocycles. The molecule has 0 bridgehead atoms. The largest absolute Gasteiger partial charge is 0.463 e. The number of benzene rings is 2. The highest BCUT2D eigenvalue weighted by atomic mass is 127. The molecule has 1 aromatic heterocycles. The van der Waals surface area contributed by atoms with Crippen LogP contribution in [0.1, 0.15) is 10.4 Å². The molecule has 3 nitrogen and oxygen atoms in total. The first-order valence-electron chi connectivity index (χ1n) is 5.77. The molecule has 0 saturated carbocycles. The summed E-state index contributed by atoms with van der Waals surface area (Å²) >= 11 is 2.22. The molecule has 0 radical (unpaired) electrons. The molecule has 19 heavy (non-hydrogen) atoms. The molecule has 94 valence electrons. The molecule has 2 aromatic carbocycles. The number of rotatable bonds is 2. The average molecular weight is 363 g/mol. The molecule has 1 amide bonds. The molecule has 0 fully saturated rings. The molecule has 0 aliphatic heterocycles. The van der Waals surface area contributed by atoms with Crippen molar-refractivity contribution in [3.8, 4) is 0 Å². The lowest BCUT2D eigenvalue weighted by Crippen LogP contribution is -2.11. The maximum absolute atomic E-state index is 12.2. The monoisotopic (exact) mass is 363 g/mol. The second kappa shape index (κ2) is 5.05. The number of carbonyl (C=O) groups excluding carboxylic acids is 1. The Morgan fingerprint density at radius 3 is 2.58 bits per heavy atom. The van der Waals surface area contributed by atoms with Crippen LogP contribution in [0.3, 0.4) is 0 Å². The van der Waals surface area contributed by atoms with Crippen molar-refractivity contribution in [3.63, 3.8) is 0 Å². The maximum Gasteiger partial charge on any atom is 0.259 e. The Bertz CT molecular complexity index is 731. The van der Waals surface area contributed by atoms with Gasteiger partial charge in [-0.05, 0) is 52.9 Å². The Balaban J connectivity index is 1.90. The topological polar surface area (TPSA) is 42.2 Å². The Morgan fingerprint density at radius 2 is 1.79 bits per heavy atom. The quantitative estimate of drug-likeness (QED) is 0.691. The van der Waals surface area contributed by atoms with E-state index < -0.39 is 0 Å². The van der Waals surface area contributed by atoms with Gasteiger partial charge in [-0.3, -0.25) is 4.79 Å². The van der Waals surface area contributed by atoms with Crippen LogP contribution in [0.5, 0.6) is 0 Å². The van der Waals surface area contributed by atoms with Gasteiger partial charge in [-0.1, -0.05) is 18.2 Å². The van der Waals surface area contributed by atoms with Crippen molar-refractivity contribution in [2.45, 2.75) is 0 Å². The summed E-state index contributed by atoms with van der Waals surface area (Å²) in [7, 11) is 0. The Hall–Kier alpha value is -1.82. The molecular weight excluding hydrogens is 353 g/mol. The zero-order valence-electron chi connectivity index (χ0n) is 9.89. The van der Waals surface area contributed by atoms with Gasteiger partial charge in [-0.25, -0.2) is 0 Å². The molecular formula is C15H10INO2. The van der Waals surface area contributed by atoms with E-state index in [0.717, 1.165) is 20.2 Å². The highest BCUT2D eigenvalue weighted by molar-refractivity contribution is 14.1. The highest BCUT2D eigenvalue weighted by Gasteiger charge is 2.13. The molecule has 0 saturated heterocycles. The predicted molar refractivity (Wildman–Crippen MR) is 83.3 cm³/mol. The number of carbonyl (C=O) groups is 1. The minimum absolute atomic E-state index is 0.161. The zero-order chi connectivity index (χ0) is 13.2. The van der Waals surface area contributed by atoms with Gasteiger partial charge in [0.2, 0.25) is 0 Å². The van der Waals surface area contributed by atoms with Crippen LogP contribution < -0.4 is 5.32 Å². The Morgan fingerprint density at radius 1 is 1.05 bits per heavy atom. The van der Waals surface area contributed by atoms with Crippen molar-refractivity contribution in [1.29, 1.82) is 0 Å². The third-order valence-electron chi connectivity index (χ3n) is 2.83. The van der Waals surface area contributed by atoms with Crippen molar-refractivity contribution in [1.82, 2.24) is 0 Å². The van der Waals surface area contributed by atoms with Gasteiger partial charge in [0.15, 0.2) is 0 Å². The number of hydrogen-bond donors (Lipinski definition) is 1. The second-order valence-electron chi connectivity index (χ2n) is 4.11. The molecule has 4 heteroatoms. The van der Waals surface area contributed by atoms with Crippen LogP contribution in [0, 0.1) is 3.57 Å². The summed E-state index contributed by atoms with van der Waals surface area (Å²) in [5, 5.41) is 3.69. The van der Waals surface area contributed by atoms with E-state index in [1.165, 1.54) is 6.26 Å². The minimum Gasteiger partial charge on any atom is -0.463 e. The van der Waals surface area contributed by atoms with Crippen molar-refractivity contribution < 1.29 is 9.21 Å². The van der Waals surface area contributed by atoms with Gasteiger partial charge in [0.05, 0.1) is 5.56 Å². The Kier molecular flexibility index (Phi) is 3.25. The van der Waals surface area contributed by atoms with E-state index in [4.69, 9.17) is 4.42 Å². The van der Waals surface area contributed by atoms with Crippen molar-refractivity contribution in [2.75, 3.05) is 5.32 Å². The number of para-hydroxylation sites is 1. The van der Waals surface area contributed by atoms with Gasteiger partial charge in [0.1, 0.15) is 11.8 Å². The van der Waals surface area contributed by atoms with E-state index in [0.29, 0.717) is 5.56 Å². The smallest absolute Gasteiger partial charge is 0.259 e. The number of fused-ring (bicyclic) bond motifs is 1. The third kappa shape index (κ3) is 2.49. The van der Waals surface area contributed by atoms with Gasteiger partial charge < -0.3 is 9.73 Å². The number of halogens is 1. The highest BCUT2D eigenvalue weighted by Crippen LogP contribution is 2.22. The first-order valence-corrected chi connectivity index (χ1v) is 6.85. The number of nitrogens with one attached hydrogen (secondary N) is 1. The number of furan rings is 1. The molecule has 3 rings (SSSR count). The zero-order valence-corrected chi connectivity index (χ0v) is 12.0. The lowest BCUT2D eigenvalue weighted by Gasteiger charge is -2.03. The van der Waals surface area contributed by atoms with Crippen LogP contribution in [0.4, 0.5) is 5.69 Å². The third-order valence-corrected chi connectivity index (χ3v) is 3.55. The molecule has 0 aliphatic rings. The number of anilines is 1. The van der Waals surface area contributed by atoms with E-state index in [1.807, 2.05) is 48.5 Å². The SMILES string of the molecule is O=C(Nc1ccc(I)cc1)c1coc2ccccc12. The molecule has 0 spiro atoms. The van der Waals surface area contributed by atoms with Gasteiger partial charge in [-0.15, -0.1) is 0 Å². The molecule has 3 aromatic rings.